The van der Waals surface area contributed by atoms with Gasteiger partial charge in [0, 0.05) is 12.7 Å². The number of hydrogen-bond acceptors (Lipinski definition) is 3. The molecule has 8 heteroatoms. The minimum absolute atomic E-state index is 0.00932. The Balaban J connectivity index is 2.77. The van der Waals surface area contributed by atoms with Gasteiger partial charge in [0.15, 0.2) is 0 Å². The van der Waals surface area contributed by atoms with Gasteiger partial charge in [-0.25, -0.2) is 4.98 Å². The molecule has 1 amide bonds. The lowest BCUT2D eigenvalue weighted by atomic mass is 9.97. The van der Waals surface area contributed by atoms with Crippen LogP contribution in [0.4, 0.5) is 0 Å². The van der Waals surface area contributed by atoms with Gasteiger partial charge in [0.2, 0.25) is 0 Å². The van der Waals surface area contributed by atoms with Gasteiger partial charge < -0.3 is 10.4 Å². The van der Waals surface area contributed by atoms with E-state index < -0.39 is 17.8 Å². The summed E-state index contributed by atoms with van der Waals surface area (Å²) in [6.45, 7) is 3.81. The molecule has 1 rings (SSSR count). The average Bonchev–Trinajstić information content (AvgIpc) is 2.40. The summed E-state index contributed by atoms with van der Waals surface area (Å²) in [5.41, 5.74) is -0.0836. The molecule has 1 aromatic heterocycles. The molecule has 0 aliphatic carbocycles. The maximum atomic E-state index is 12.0. The number of carboxylic acids is 1. The van der Waals surface area contributed by atoms with Crippen LogP contribution in [0, 0.1) is 11.8 Å². The monoisotopic (exact) mass is 352 g/mol. The van der Waals surface area contributed by atoms with Crippen LogP contribution in [0.15, 0.2) is 6.20 Å². The summed E-state index contributed by atoms with van der Waals surface area (Å²) in [4.78, 5) is 26.9. The molecule has 1 atom stereocenters. The Morgan fingerprint density at radius 1 is 1.29 bits per heavy atom. The van der Waals surface area contributed by atoms with Crippen molar-refractivity contribution >= 4 is 46.7 Å². The fourth-order valence-electron chi connectivity index (χ4n) is 1.74. The van der Waals surface area contributed by atoms with Crippen LogP contribution in [0.5, 0.6) is 0 Å². The van der Waals surface area contributed by atoms with E-state index in [1.165, 1.54) is 6.20 Å². The van der Waals surface area contributed by atoms with E-state index >= 15 is 0 Å². The first kappa shape index (κ1) is 18.0. The Labute approximate surface area is 137 Å². The third kappa shape index (κ3) is 5.02. The first-order valence-corrected chi connectivity index (χ1v) is 7.37. The summed E-state index contributed by atoms with van der Waals surface area (Å²) in [5, 5.41) is 11.7. The van der Waals surface area contributed by atoms with Gasteiger partial charge in [-0.05, 0) is 12.3 Å². The van der Waals surface area contributed by atoms with Gasteiger partial charge in [0.1, 0.15) is 5.69 Å². The number of rotatable bonds is 6. The number of halogens is 3. The van der Waals surface area contributed by atoms with Crippen molar-refractivity contribution in [3.63, 3.8) is 0 Å². The highest BCUT2D eigenvalue weighted by Crippen LogP contribution is 2.30. The molecular weight excluding hydrogens is 339 g/mol. The summed E-state index contributed by atoms with van der Waals surface area (Å²) in [7, 11) is 0. The van der Waals surface area contributed by atoms with Crippen LogP contribution in [-0.2, 0) is 4.79 Å². The van der Waals surface area contributed by atoms with Crippen molar-refractivity contribution in [1.82, 2.24) is 10.3 Å². The highest BCUT2D eigenvalue weighted by molar-refractivity contribution is 6.48. The number of amides is 1. The second-order valence-electron chi connectivity index (χ2n) is 4.96. The molecule has 2 N–H and O–H groups in total. The van der Waals surface area contributed by atoms with Crippen LogP contribution in [0.1, 0.15) is 30.8 Å². The van der Waals surface area contributed by atoms with Gasteiger partial charge in [0.05, 0.1) is 21.0 Å². The zero-order valence-corrected chi connectivity index (χ0v) is 13.8. The number of carbonyl (C=O) groups excluding carboxylic acids is 1. The van der Waals surface area contributed by atoms with Crippen LogP contribution in [0.2, 0.25) is 15.1 Å². The molecule has 1 aromatic rings. The summed E-state index contributed by atoms with van der Waals surface area (Å²) in [6, 6.07) is 0. The number of aliphatic carboxylic acids is 1. The molecule has 21 heavy (non-hydrogen) atoms. The highest BCUT2D eigenvalue weighted by Gasteiger charge is 2.22. The van der Waals surface area contributed by atoms with Crippen molar-refractivity contribution in [2.45, 2.75) is 20.3 Å². The fourth-order valence-corrected chi connectivity index (χ4v) is 2.31. The molecule has 0 spiro atoms. The standard InChI is InChI=1S/C13H15Cl3N2O3/c1-6(2)3-7(13(20)21)4-18-12(19)11-10(16)9(15)8(14)5-17-11/h5-7H,3-4H2,1-2H3,(H,18,19)(H,20,21). The number of nitrogens with zero attached hydrogens (tertiary/aromatic N) is 1. The maximum absolute atomic E-state index is 12.0. The minimum Gasteiger partial charge on any atom is -0.481 e. The van der Waals surface area contributed by atoms with Gasteiger partial charge in [-0.3, -0.25) is 9.59 Å². The summed E-state index contributed by atoms with van der Waals surface area (Å²) in [6.07, 6.45) is 1.67. The number of carbonyl (C=O) groups is 2. The minimum atomic E-state index is -0.961. The molecule has 0 aromatic carbocycles. The first-order valence-electron chi connectivity index (χ1n) is 6.24. The molecule has 0 saturated carbocycles. The Hall–Kier alpha value is -1.04. The fraction of sp³-hybridized carbons (Fsp3) is 0.462. The lowest BCUT2D eigenvalue weighted by Gasteiger charge is -2.15. The van der Waals surface area contributed by atoms with Crippen molar-refractivity contribution in [3.05, 3.63) is 27.0 Å². The topological polar surface area (TPSA) is 79.3 Å². The lowest BCUT2D eigenvalue weighted by molar-refractivity contribution is -0.142. The number of hydrogen-bond donors (Lipinski definition) is 2. The average molecular weight is 354 g/mol. The van der Waals surface area contributed by atoms with Crippen LogP contribution < -0.4 is 5.32 Å². The largest absolute Gasteiger partial charge is 0.481 e. The van der Waals surface area contributed by atoms with E-state index in [-0.39, 0.29) is 33.2 Å². The summed E-state index contributed by atoms with van der Waals surface area (Å²) < 4.78 is 0. The second-order valence-corrected chi connectivity index (χ2v) is 6.12. The number of aromatic nitrogens is 1. The van der Waals surface area contributed by atoms with Crippen LogP contribution in [0.3, 0.4) is 0 Å². The Morgan fingerprint density at radius 3 is 2.43 bits per heavy atom. The quantitative estimate of drug-likeness (QED) is 0.820. The van der Waals surface area contributed by atoms with E-state index in [4.69, 9.17) is 39.9 Å². The summed E-state index contributed by atoms with van der Waals surface area (Å²) in [5.74, 6) is -2.02. The lowest BCUT2D eigenvalue weighted by Crippen LogP contribution is -2.34. The van der Waals surface area contributed by atoms with Crippen molar-refractivity contribution in [2.75, 3.05) is 6.54 Å². The van der Waals surface area contributed by atoms with Crippen molar-refractivity contribution < 1.29 is 14.7 Å². The molecule has 0 bridgehead atoms. The third-order valence-electron chi connectivity index (χ3n) is 2.75. The molecule has 0 aliphatic heterocycles. The van der Waals surface area contributed by atoms with E-state index in [2.05, 4.69) is 10.3 Å². The summed E-state index contributed by atoms with van der Waals surface area (Å²) >= 11 is 17.5. The molecular formula is C13H15Cl3N2O3. The molecule has 1 heterocycles. The molecule has 0 radical (unpaired) electrons. The van der Waals surface area contributed by atoms with Crippen LogP contribution in [-0.4, -0.2) is 28.5 Å². The Bertz CT molecular complexity index is 550. The molecule has 0 fully saturated rings. The van der Waals surface area contributed by atoms with Gasteiger partial charge in [-0.15, -0.1) is 0 Å². The van der Waals surface area contributed by atoms with Gasteiger partial charge in [-0.2, -0.15) is 0 Å². The number of pyridine rings is 1. The van der Waals surface area contributed by atoms with E-state index in [1.54, 1.807) is 0 Å². The smallest absolute Gasteiger partial charge is 0.308 e. The first-order chi connectivity index (χ1) is 9.73. The van der Waals surface area contributed by atoms with Crippen LogP contribution in [0.25, 0.3) is 0 Å². The van der Waals surface area contributed by atoms with E-state index in [1.807, 2.05) is 13.8 Å². The second kappa shape index (κ2) is 7.82. The van der Waals surface area contributed by atoms with E-state index in [9.17, 15) is 9.59 Å². The SMILES string of the molecule is CC(C)CC(CNC(=O)c1ncc(Cl)c(Cl)c1Cl)C(=O)O. The zero-order valence-electron chi connectivity index (χ0n) is 11.5. The normalized spacial score (nSPS) is 12.3. The Morgan fingerprint density at radius 2 is 1.90 bits per heavy atom. The van der Waals surface area contributed by atoms with Crippen LogP contribution >= 0.6 is 34.8 Å². The van der Waals surface area contributed by atoms with E-state index in [0.29, 0.717) is 6.42 Å². The van der Waals surface area contributed by atoms with Crippen molar-refractivity contribution in [1.29, 1.82) is 0 Å². The third-order valence-corrected chi connectivity index (χ3v) is 3.99. The van der Waals surface area contributed by atoms with Crippen molar-refractivity contribution in [2.24, 2.45) is 11.8 Å². The molecule has 0 saturated heterocycles. The molecule has 1 unspecified atom stereocenters. The number of carboxylic acid groups (broad SMARTS) is 1. The van der Waals surface area contributed by atoms with Gasteiger partial charge in [0.25, 0.3) is 5.91 Å². The van der Waals surface area contributed by atoms with Crippen molar-refractivity contribution in [3.8, 4) is 0 Å². The highest BCUT2D eigenvalue weighted by atomic mass is 35.5. The Kier molecular flexibility index (Phi) is 6.71. The molecule has 116 valence electrons. The van der Waals surface area contributed by atoms with Gasteiger partial charge >= 0.3 is 5.97 Å². The molecule has 5 nitrogen and oxygen atoms in total. The number of nitrogens with one attached hydrogen (secondary N) is 1. The predicted molar refractivity (Wildman–Crippen MR) is 82.2 cm³/mol. The van der Waals surface area contributed by atoms with E-state index in [0.717, 1.165) is 0 Å². The van der Waals surface area contributed by atoms with Gasteiger partial charge in [-0.1, -0.05) is 48.7 Å². The molecule has 0 aliphatic rings. The zero-order chi connectivity index (χ0) is 16.2. The maximum Gasteiger partial charge on any atom is 0.308 e. The predicted octanol–water partition coefficient (Wildman–Crippen LogP) is 3.52.